The molecule has 260 valence electrons. The molecular formula is C52H37N3. The summed E-state index contributed by atoms with van der Waals surface area (Å²) in [6.07, 6.45) is 7.68. The summed E-state index contributed by atoms with van der Waals surface area (Å²) in [5, 5.41) is 28.4. The van der Waals surface area contributed by atoms with Gasteiger partial charge in [0.1, 0.15) is 0 Å². The Hall–Kier alpha value is -7.46. The van der Waals surface area contributed by atoms with Crippen molar-refractivity contribution in [3.05, 3.63) is 199 Å². The second-order valence-corrected chi connectivity index (χ2v) is 13.6. The van der Waals surface area contributed by atoms with E-state index in [1.807, 2.05) is 25.1 Å². The molecule has 55 heavy (non-hydrogen) atoms. The molecule has 0 aliphatic heterocycles. The number of allylic oxidation sites excluding steroid dienone is 6. The van der Waals surface area contributed by atoms with Gasteiger partial charge in [0.2, 0.25) is 0 Å². The normalized spacial score (nSPS) is 12.2. The van der Waals surface area contributed by atoms with Crippen molar-refractivity contribution in [1.29, 1.82) is 10.5 Å². The van der Waals surface area contributed by atoms with E-state index in [4.69, 9.17) is 5.73 Å². The van der Waals surface area contributed by atoms with Crippen molar-refractivity contribution in [3.63, 3.8) is 0 Å². The Morgan fingerprint density at radius 1 is 0.545 bits per heavy atom. The Labute approximate surface area is 321 Å². The minimum atomic E-state index is 0.524. The monoisotopic (exact) mass is 703 g/mol. The van der Waals surface area contributed by atoms with Crippen molar-refractivity contribution < 1.29 is 0 Å². The average molecular weight is 704 g/mol. The average Bonchev–Trinajstić information content (AvgIpc) is 3.24. The fourth-order valence-corrected chi connectivity index (χ4v) is 7.96. The number of nitrogens with two attached hydrogens (primary N) is 1. The molecule has 8 aromatic carbocycles. The van der Waals surface area contributed by atoms with Crippen molar-refractivity contribution in [2.75, 3.05) is 0 Å². The third kappa shape index (κ3) is 6.25. The van der Waals surface area contributed by atoms with E-state index >= 15 is 0 Å². The predicted octanol–water partition coefficient (Wildman–Crippen LogP) is 13.2. The lowest BCUT2D eigenvalue weighted by molar-refractivity contribution is 1.26. The van der Waals surface area contributed by atoms with Crippen LogP contribution in [0.15, 0.2) is 188 Å². The molecule has 0 saturated heterocycles. The lowest BCUT2D eigenvalue weighted by Gasteiger charge is -2.22. The third-order valence-corrected chi connectivity index (χ3v) is 10.5. The molecule has 0 spiro atoms. The highest BCUT2D eigenvalue weighted by atomic mass is 14.6. The molecule has 0 aromatic heterocycles. The molecule has 0 bridgehead atoms. The summed E-state index contributed by atoms with van der Waals surface area (Å²) >= 11 is 0. The standard InChI is InChI=1S/C52H37N3/c1-3-34(32-53)27-28-36-15-13-17-38(29-36)49-40-19-5-9-23-44(40)51(45-24-10-6-20-41(45)49)52-46-25-11-7-21-42(46)50(43-22-8-12-26-47(43)52)39-18-14-16-37(31-39)48(55)30-35(4-2)33-54/h3-27,29-31H,1,28,55H2,2H3/b34-27+,35-4+,48-30-. The summed E-state index contributed by atoms with van der Waals surface area (Å²) in [6, 6.07) is 56.4. The Morgan fingerprint density at radius 3 is 1.38 bits per heavy atom. The van der Waals surface area contributed by atoms with Gasteiger partial charge in [-0.15, -0.1) is 0 Å². The van der Waals surface area contributed by atoms with Crippen LogP contribution in [0.5, 0.6) is 0 Å². The number of nitrogens with zero attached hydrogens (tertiary/aromatic N) is 2. The molecule has 0 radical (unpaired) electrons. The van der Waals surface area contributed by atoms with Crippen molar-refractivity contribution in [1.82, 2.24) is 0 Å². The molecule has 0 unspecified atom stereocenters. The van der Waals surface area contributed by atoms with Crippen LogP contribution in [0.3, 0.4) is 0 Å². The number of fused-ring (bicyclic) bond motifs is 4. The van der Waals surface area contributed by atoms with Crippen LogP contribution in [0.1, 0.15) is 18.1 Å². The lowest BCUT2D eigenvalue weighted by atomic mass is 9.81. The SMILES string of the molecule is C=C/C(C#N)=C\Cc1cccc(-c2c3ccccc3c(-c3c4ccccc4c(-c4cccc(/C(N)=C/C(C#N)=C\C)c4)c4ccccc34)c3ccccc23)c1. The van der Waals surface area contributed by atoms with Crippen molar-refractivity contribution in [3.8, 4) is 45.5 Å². The van der Waals surface area contributed by atoms with E-state index < -0.39 is 0 Å². The van der Waals surface area contributed by atoms with Gasteiger partial charge < -0.3 is 5.73 Å². The molecule has 0 aliphatic carbocycles. The highest BCUT2D eigenvalue weighted by molar-refractivity contribution is 6.30. The van der Waals surface area contributed by atoms with Gasteiger partial charge in [-0.1, -0.05) is 164 Å². The molecule has 2 N–H and O–H groups in total. The summed E-state index contributed by atoms with van der Waals surface area (Å²) in [5.74, 6) is 0. The fraction of sp³-hybridized carbons (Fsp3) is 0.0385. The zero-order chi connectivity index (χ0) is 37.9. The van der Waals surface area contributed by atoms with Crippen LogP contribution in [0.25, 0.3) is 82.2 Å². The van der Waals surface area contributed by atoms with Crippen LogP contribution >= 0.6 is 0 Å². The van der Waals surface area contributed by atoms with E-state index in [-0.39, 0.29) is 0 Å². The molecular weight excluding hydrogens is 667 g/mol. The van der Waals surface area contributed by atoms with Gasteiger partial charge in [0.05, 0.1) is 12.1 Å². The van der Waals surface area contributed by atoms with Crippen LogP contribution in [-0.4, -0.2) is 0 Å². The summed E-state index contributed by atoms with van der Waals surface area (Å²) in [6.45, 7) is 5.62. The Balaban J connectivity index is 1.43. The molecule has 8 rings (SSSR count). The largest absolute Gasteiger partial charge is 0.398 e. The summed E-state index contributed by atoms with van der Waals surface area (Å²) in [5.41, 5.74) is 17.1. The van der Waals surface area contributed by atoms with Gasteiger partial charge in [0.15, 0.2) is 0 Å². The molecule has 0 aliphatic rings. The first-order valence-corrected chi connectivity index (χ1v) is 18.4. The number of hydrogen-bond acceptors (Lipinski definition) is 3. The first-order chi connectivity index (χ1) is 27.0. The number of rotatable bonds is 8. The van der Waals surface area contributed by atoms with Gasteiger partial charge >= 0.3 is 0 Å². The topological polar surface area (TPSA) is 73.6 Å². The summed E-state index contributed by atoms with van der Waals surface area (Å²) in [7, 11) is 0. The lowest BCUT2D eigenvalue weighted by Crippen LogP contribution is -1.98. The molecule has 3 nitrogen and oxygen atoms in total. The van der Waals surface area contributed by atoms with E-state index in [1.165, 1.54) is 38.2 Å². The first-order valence-electron chi connectivity index (χ1n) is 18.4. The smallest absolute Gasteiger partial charge is 0.0988 e. The quantitative estimate of drug-likeness (QED) is 0.0972. The Kier molecular flexibility index (Phi) is 9.37. The second-order valence-electron chi connectivity index (χ2n) is 13.6. The van der Waals surface area contributed by atoms with E-state index in [1.54, 1.807) is 18.2 Å². The van der Waals surface area contributed by atoms with Crippen LogP contribution in [-0.2, 0) is 6.42 Å². The zero-order valence-electron chi connectivity index (χ0n) is 30.6. The molecule has 0 atom stereocenters. The number of benzene rings is 8. The molecule has 0 heterocycles. The second kappa shape index (κ2) is 14.9. The van der Waals surface area contributed by atoms with Crippen LogP contribution in [0, 0.1) is 22.7 Å². The van der Waals surface area contributed by atoms with E-state index in [2.05, 4.69) is 152 Å². The Morgan fingerprint density at radius 2 is 0.964 bits per heavy atom. The molecule has 0 saturated carbocycles. The number of hydrogen-bond donors (Lipinski definition) is 1. The van der Waals surface area contributed by atoms with Gasteiger partial charge in [-0.25, -0.2) is 0 Å². The summed E-state index contributed by atoms with van der Waals surface area (Å²) < 4.78 is 0. The van der Waals surface area contributed by atoms with Gasteiger partial charge in [-0.3, -0.25) is 0 Å². The van der Waals surface area contributed by atoms with Crippen molar-refractivity contribution >= 4 is 48.8 Å². The van der Waals surface area contributed by atoms with E-state index in [0.29, 0.717) is 23.3 Å². The van der Waals surface area contributed by atoms with Crippen molar-refractivity contribution in [2.24, 2.45) is 5.73 Å². The molecule has 3 heteroatoms. The minimum Gasteiger partial charge on any atom is -0.398 e. The minimum absolute atomic E-state index is 0.524. The molecule has 0 fully saturated rings. The maximum Gasteiger partial charge on any atom is 0.0988 e. The summed E-state index contributed by atoms with van der Waals surface area (Å²) in [4.78, 5) is 0. The number of nitriles is 2. The zero-order valence-corrected chi connectivity index (χ0v) is 30.6. The highest BCUT2D eigenvalue weighted by Crippen LogP contribution is 2.50. The van der Waals surface area contributed by atoms with Crippen LogP contribution in [0.4, 0.5) is 0 Å². The molecule has 8 aromatic rings. The fourth-order valence-electron chi connectivity index (χ4n) is 7.96. The predicted molar refractivity (Wildman–Crippen MR) is 232 cm³/mol. The van der Waals surface area contributed by atoms with E-state index in [0.717, 1.165) is 49.4 Å². The van der Waals surface area contributed by atoms with E-state index in [9.17, 15) is 10.5 Å². The Bertz CT molecular complexity index is 2900. The first kappa shape index (κ1) is 34.6. The van der Waals surface area contributed by atoms with Crippen molar-refractivity contribution in [2.45, 2.75) is 13.3 Å². The van der Waals surface area contributed by atoms with Gasteiger partial charge in [-0.2, -0.15) is 10.5 Å². The highest BCUT2D eigenvalue weighted by Gasteiger charge is 2.22. The van der Waals surface area contributed by atoms with Gasteiger partial charge in [-0.05, 0) is 113 Å². The van der Waals surface area contributed by atoms with Crippen LogP contribution < -0.4 is 5.73 Å². The van der Waals surface area contributed by atoms with Crippen LogP contribution in [0.2, 0.25) is 0 Å². The van der Waals surface area contributed by atoms with Gasteiger partial charge in [0, 0.05) is 16.8 Å². The maximum atomic E-state index is 9.55. The third-order valence-electron chi connectivity index (χ3n) is 10.5. The maximum absolute atomic E-state index is 9.55. The molecule has 0 amide bonds. The van der Waals surface area contributed by atoms with Gasteiger partial charge in [0.25, 0.3) is 0 Å².